The topological polar surface area (TPSA) is 63.8 Å². The van der Waals surface area contributed by atoms with Gasteiger partial charge in [-0.05, 0) is 49.2 Å². The van der Waals surface area contributed by atoms with E-state index in [9.17, 15) is 10.0 Å². The zero-order valence-corrected chi connectivity index (χ0v) is 14.0. The molecule has 1 heterocycles. The fraction of sp³-hybridized carbons (Fsp3) is 0.263. The van der Waals surface area contributed by atoms with Crippen molar-refractivity contribution in [1.29, 1.82) is 0 Å². The largest absolute Gasteiger partial charge is 0.493 e. The van der Waals surface area contributed by atoms with Crippen LogP contribution in [-0.2, 0) is 6.54 Å². The first-order chi connectivity index (χ1) is 11.5. The standard InChI is InChI=1S/C19H20N2O3/c1-12(2)24-15-9-7-14(8-10-15)11-21-18-13(3)5-4-6-16(18)17(20-23)19(21)22/h4-10,12,22H,11H2,1-3H3. The van der Waals surface area contributed by atoms with Gasteiger partial charge in [-0.3, -0.25) is 0 Å². The Morgan fingerprint density at radius 3 is 2.50 bits per heavy atom. The molecular weight excluding hydrogens is 304 g/mol. The quantitative estimate of drug-likeness (QED) is 0.680. The van der Waals surface area contributed by atoms with Crippen molar-refractivity contribution < 1.29 is 9.84 Å². The van der Waals surface area contributed by atoms with Gasteiger partial charge in [0.2, 0.25) is 5.88 Å². The Kier molecular flexibility index (Phi) is 4.25. The number of benzene rings is 2. The first-order valence-corrected chi connectivity index (χ1v) is 7.91. The van der Waals surface area contributed by atoms with E-state index in [2.05, 4.69) is 5.18 Å². The van der Waals surface area contributed by atoms with Crippen molar-refractivity contribution in [1.82, 2.24) is 4.57 Å². The van der Waals surface area contributed by atoms with E-state index in [-0.39, 0.29) is 17.7 Å². The SMILES string of the molecule is Cc1cccc2c(N=O)c(O)n(Cc3ccc(OC(C)C)cc3)c12. The zero-order chi connectivity index (χ0) is 17.3. The maximum atomic E-state index is 11.1. The fourth-order valence-electron chi connectivity index (χ4n) is 2.93. The molecule has 5 nitrogen and oxygen atoms in total. The fourth-order valence-corrected chi connectivity index (χ4v) is 2.93. The second kappa shape index (κ2) is 6.35. The Balaban J connectivity index is 2.01. The van der Waals surface area contributed by atoms with Crippen LogP contribution in [0.5, 0.6) is 11.6 Å². The number of hydrogen-bond acceptors (Lipinski definition) is 4. The lowest BCUT2D eigenvalue weighted by Crippen LogP contribution is -2.05. The Labute approximate surface area is 140 Å². The number of aryl methyl sites for hydroxylation is 1. The monoisotopic (exact) mass is 324 g/mol. The lowest BCUT2D eigenvalue weighted by Gasteiger charge is -2.12. The number of nitroso groups, excluding NO2 is 1. The molecular formula is C19H20N2O3. The van der Waals surface area contributed by atoms with Crippen LogP contribution < -0.4 is 4.74 Å². The molecule has 0 unspecified atom stereocenters. The molecule has 0 saturated carbocycles. The third-order valence-electron chi connectivity index (χ3n) is 3.96. The molecule has 5 heteroatoms. The van der Waals surface area contributed by atoms with Crippen LogP contribution in [-0.4, -0.2) is 15.8 Å². The molecule has 0 radical (unpaired) electrons. The molecule has 0 aliphatic carbocycles. The van der Waals surface area contributed by atoms with Crippen LogP contribution in [0.1, 0.15) is 25.0 Å². The smallest absolute Gasteiger partial charge is 0.222 e. The van der Waals surface area contributed by atoms with E-state index >= 15 is 0 Å². The summed E-state index contributed by atoms with van der Waals surface area (Å²) in [7, 11) is 0. The molecule has 0 saturated heterocycles. The number of ether oxygens (including phenoxy) is 1. The van der Waals surface area contributed by atoms with E-state index in [1.54, 1.807) is 10.6 Å². The summed E-state index contributed by atoms with van der Waals surface area (Å²) < 4.78 is 7.36. The number of aromatic nitrogens is 1. The molecule has 0 aliphatic rings. The van der Waals surface area contributed by atoms with E-state index in [1.165, 1.54) is 0 Å². The summed E-state index contributed by atoms with van der Waals surface area (Å²) in [5, 5.41) is 14.1. The van der Waals surface area contributed by atoms with Crippen molar-refractivity contribution in [3.8, 4) is 11.6 Å². The predicted octanol–water partition coefficient (Wildman–Crippen LogP) is 4.89. The summed E-state index contributed by atoms with van der Waals surface area (Å²) in [6.07, 6.45) is 0.122. The summed E-state index contributed by atoms with van der Waals surface area (Å²) in [5.41, 5.74) is 2.90. The summed E-state index contributed by atoms with van der Waals surface area (Å²) in [6.45, 7) is 6.36. The van der Waals surface area contributed by atoms with Gasteiger partial charge < -0.3 is 14.4 Å². The highest BCUT2D eigenvalue weighted by atomic mass is 16.5. The second-order valence-corrected chi connectivity index (χ2v) is 6.13. The van der Waals surface area contributed by atoms with E-state index in [4.69, 9.17) is 4.74 Å². The second-order valence-electron chi connectivity index (χ2n) is 6.13. The number of nitrogens with zero attached hydrogens (tertiary/aromatic N) is 2. The molecule has 1 aromatic heterocycles. The minimum absolute atomic E-state index is 0.0912. The average molecular weight is 324 g/mol. The molecule has 24 heavy (non-hydrogen) atoms. The molecule has 0 atom stereocenters. The van der Waals surface area contributed by atoms with Crippen LogP contribution in [0.25, 0.3) is 10.9 Å². The van der Waals surface area contributed by atoms with E-state index in [0.717, 1.165) is 22.4 Å². The number of aromatic hydroxyl groups is 1. The van der Waals surface area contributed by atoms with Gasteiger partial charge in [0.15, 0.2) is 5.69 Å². The Hall–Kier alpha value is -2.82. The molecule has 124 valence electrons. The number of rotatable bonds is 5. The molecule has 2 aromatic carbocycles. The Morgan fingerprint density at radius 1 is 1.17 bits per heavy atom. The summed E-state index contributed by atoms with van der Waals surface area (Å²) in [5.74, 6) is 0.707. The van der Waals surface area contributed by atoms with Crippen LogP contribution in [0, 0.1) is 11.8 Å². The van der Waals surface area contributed by atoms with Crippen molar-refractivity contribution in [3.63, 3.8) is 0 Å². The Morgan fingerprint density at radius 2 is 1.88 bits per heavy atom. The van der Waals surface area contributed by atoms with Crippen LogP contribution >= 0.6 is 0 Å². The van der Waals surface area contributed by atoms with Gasteiger partial charge in [0, 0.05) is 5.39 Å². The number of hydrogen-bond donors (Lipinski definition) is 1. The van der Waals surface area contributed by atoms with Gasteiger partial charge in [0.25, 0.3) is 0 Å². The van der Waals surface area contributed by atoms with Crippen LogP contribution in [0.4, 0.5) is 5.69 Å². The minimum Gasteiger partial charge on any atom is -0.493 e. The van der Waals surface area contributed by atoms with Crippen LogP contribution in [0.15, 0.2) is 47.6 Å². The molecule has 0 aliphatic heterocycles. The molecule has 0 fully saturated rings. The first-order valence-electron chi connectivity index (χ1n) is 7.91. The lowest BCUT2D eigenvalue weighted by molar-refractivity contribution is 0.242. The van der Waals surface area contributed by atoms with Crippen molar-refractivity contribution in [2.24, 2.45) is 5.18 Å². The normalized spacial score (nSPS) is 11.2. The van der Waals surface area contributed by atoms with Crippen molar-refractivity contribution in [2.75, 3.05) is 0 Å². The van der Waals surface area contributed by atoms with Gasteiger partial charge in [-0.15, -0.1) is 4.91 Å². The van der Waals surface area contributed by atoms with Gasteiger partial charge in [0.1, 0.15) is 5.75 Å². The molecule has 0 amide bonds. The number of para-hydroxylation sites is 1. The molecule has 0 bridgehead atoms. The van der Waals surface area contributed by atoms with Gasteiger partial charge in [-0.25, -0.2) is 0 Å². The van der Waals surface area contributed by atoms with Gasteiger partial charge >= 0.3 is 0 Å². The zero-order valence-electron chi connectivity index (χ0n) is 14.0. The van der Waals surface area contributed by atoms with Crippen molar-refractivity contribution in [3.05, 3.63) is 58.5 Å². The molecule has 3 rings (SSSR count). The molecule has 3 aromatic rings. The van der Waals surface area contributed by atoms with Gasteiger partial charge in [0.05, 0.1) is 18.2 Å². The average Bonchev–Trinajstić information content (AvgIpc) is 2.81. The van der Waals surface area contributed by atoms with E-state index in [1.807, 2.05) is 57.2 Å². The van der Waals surface area contributed by atoms with Gasteiger partial charge in [-0.1, -0.05) is 30.3 Å². The van der Waals surface area contributed by atoms with Crippen molar-refractivity contribution >= 4 is 16.6 Å². The van der Waals surface area contributed by atoms with Crippen LogP contribution in [0.3, 0.4) is 0 Å². The molecule has 0 spiro atoms. The third-order valence-corrected chi connectivity index (χ3v) is 3.96. The highest BCUT2D eigenvalue weighted by Crippen LogP contribution is 2.40. The predicted molar refractivity (Wildman–Crippen MR) is 95.1 cm³/mol. The number of fused-ring (bicyclic) bond motifs is 1. The van der Waals surface area contributed by atoms with Crippen molar-refractivity contribution in [2.45, 2.75) is 33.4 Å². The van der Waals surface area contributed by atoms with Gasteiger partial charge in [-0.2, -0.15) is 0 Å². The van der Waals surface area contributed by atoms with Crippen LogP contribution in [0.2, 0.25) is 0 Å². The van der Waals surface area contributed by atoms with E-state index < -0.39 is 0 Å². The first kappa shape index (κ1) is 16.1. The summed E-state index contributed by atoms with van der Waals surface area (Å²) in [4.78, 5) is 11.1. The van der Waals surface area contributed by atoms with E-state index in [0.29, 0.717) is 11.9 Å². The minimum atomic E-state index is -0.100. The summed E-state index contributed by atoms with van der Waals surface area (Å²) in [6, 6.07) is 13.3. The highest BCUT2D eigenvalue weighted by molar-refractivity contribution is 5.96. The molecule has 1 N–H and O–H groups in total. The third kappa shape index (κ3) is 2.85. The Bertz CT molecular complexity index is 880. The highest BCUT2D eigenvalue weighted by Gasteiger charge is 2.18. The maximum Gasteiger partial charge on any atom is 0.222 e. The lowest BCUT2D eigenvalue weighted by atomic mass is 10.1. The summed E-state index contributed by atoms with van der Waals surface area (Å²) >= 11 is 0. The maximum absolute atomic E-state index is 11.1.